The molecule has 0 amide bonds. The van der Waals surface area contributed by atoms with Crippen molar-refractivity contribution in [1.29, 1.82) is 0 Å². The maximum atomic E-state index is 5.96. The third kappa shape index (κ3) is 6.26. The van der Waals surface area contributed by atoms with Crippen molar-refractivity contribution >= 4 is 0 Å². The number of aryl methyl sites for hydroxylation is 1. The van der Waals surface area contributed by atoms with Crippen LogP contribution in [0.3, 0.4) is 0 Å². The first-order valence-corrected chi connectivity index (χ1v) is 7.19. The van der Waals surface area contributed by atoms with Crippen molar-refractivity contribution in [2.24, 2.45) is 5.92 Å². The molecule has 0 bridgehead atoms. The van der Waals surface area contributed by atoms with E-state index in [9.17, 15) is 0 Å². The van der Waals surface area contributed by atoms with Crippen LogP contribution in [0.4, 0.5) is 0 Å². The van der Waals surface area contributed by atoms with Gasteiger partial charge in [0.2, 0.25) is 0 Å². The minimum atomic E-state index is 0.119. The molecule has 3 heteroatoms. The highest BCUT2D eigenvalue weighted by Crippen LogP contribution is 2.17. The largest absolute Gasteiger partial charge is 0.463 e. The highest BCUT2D eigenvalue weighted by molar-refractivity contribution is 5.20. The number of hydrogen-bond donors (Lipinski definition) is 1. The number of nitrogens with one attached hydrogen (secondary N) is 1. The van der Waals surface area contributed by atoms with E-state index in [2.05, 4.69) is 64.9 Å². The van der Waals surface area contributed by atoms with E-state index in [0.29, 0.717) is 5.92 Å². The van der Waals surface area contributed by atoms with Crippen molar-refractivity contribution in [1.82, 2.24) is 10.2 Å². The Hall–Kier alpha value is -0.800. The molecule has 19 heavy (non-hydrogen) atoms. The van der Waals surface area contributed by atoms with Gasteiger partial charge in [-0.15, -0.1) is 0 Å². The van der Waals surface area contributed by atoms with Crippen LogP contribution >= 0.6 is 0 Å². The van der Waals surface area contributed by atoms with Crippen molar-refractivity contribution in [3.05, 3.63) is 23.2 Å². The first-order valence-electron chi connectivity index (χ1n) is 7.19. The number of furan rings is 1. The van der Waals surface area contributed by atoms with Gasteiger partial charge in [0.1, 0.15) is 11.5 Å². The van der Waals surface area contributed by atoms with Crippen LogP contribution in [0.25, 0.3) is 0 Å². The second-order valence-corrected chi connectivity index (χ2v) is 7.01. The van der Waals surface area contributed by atoms with E-state index in [1.807, 2.05) is 0 Å². The topological polar surface area (TPSA) is 28.4 Å². The third-order valence-corrected chi connectivity index (χ3v) is 2.95. The summed E-state index contributed by atoms with van der Waals surface area (Å²) >= 11 is 0. The van der Waals surface area contributed by atoms with Crippen molar-refractivity contribution in [3.63, 3.8) is 0 Å². The molecule has 1 rings (SSSR count). The Bertz CT molecular complexity index is 388. The maximum absolute atomic E-state index is 5.96. The van der Waals surface area contributed by atoms with E-state index < -0.39 is 0 Å². The van der Waals surface area contributed by atoms with Gasteiger partial charge in [-0.3, -0.25) is 4.90 Å². The molecule has 1 aromatic heterocycles. The zero-order valence-corrected chi connectivity index (χ0v) is 13.6. The van der Waals surface area contributed by atoms with Gasteiger partial charge >= 0.3 is 0 Å². The molecule has 0 aliphatic heterocycles. The van der Waals surface area contributed by atoms with Crippen molar-refractivity contribution < 1.29 is 4.42 Å². The van der Waals surface area contributed by atoms with Crippen molar-refractivity contribution in [3.8, 4) is 0 Å². The van der Waals surface area contributed by atoms with Crippen LogP contribution < -0.4 is 5.32 Å². The summed E-state index contributed by atoms with van der Waals surface area (Å²) in [6.07, 6.45) is 0. The Morgan fingerprint density at radius 2 is 1.95 bits per heavy atom. The minimum Gasteiger partial charge on any atom is -0.463 e. The third-order valence-electron chi connectivity index (χ3n) is 2.95. The Morgan fingerprint density at radius 1 is 1.32 bits per heavy atom. The van der Waals surface area contributed by atoms with Gasteiger partial charge in [-0.1, -0.05) is 13.8 Å². The van der Waals surface area contributed by atoms with Gasteiger partial charge in [0.15, 0.2) is 0 Å². The van der Waals surface area contributed by atoms with Gasteiger partial charge in [0, 0.05) is 12.1 Å². The SMILES string of the molecule is Cc1cc(CN(C)CC(C)C)oc1CNC(C)(C)C. The zero-order chi connectivity index (χ0) is 14.6. The fraction of sp³-hybridized carbons (Fsp3) is 0.750. The summed E-state index contributed by atoms with van der Waals surface area (Å²) in [4.78, 5) is 2.31. The normalized spacial score (nSPS) is 12.7. The van der Waals surface area contributed by atoms with E-state index >= 15 is 0 Å². The average Bonchev–Trinajstić information content (AvgIpc) is 2.53. The molecule has 0 radical (unpaired) electrons. The van der Waals surface area contributed by atoms with E-state index in [1.165, 1.54) is 5.56 Å². The standard InChI is InChI=1S/C16H30N2O/c1-12(2)10-18(7)11-14-8-13(3)15(19-14)9-17-16(4,5)6/h8,12,17H,9-11H2,1-7H3. The van der Waals surface area contributed by atoms with Gasteiger partial charge in [-0.05, 0) is 52.3 Å². The van der Waals surface area contributed by atoms with Crippen molar-refractivity contribution in [2.75, 3.05) is 13.6 Å². The number of rotatable bonds is 6. The van der Waals surface area contributed by atoms with Crippen LogP contribution in [-0.2, 0) is 13.1 Å². The van der Waals surface area contributed by atoms with E-state index in [4.69, 9.17) is 4.42 Å². The number of hydrogen-bond acceptors (Lipinski definition) is 3. The second-order valence-electron chi connectivity index (χ2n) is 7.01. The summed E-state index contributed by atoms with van der Waals surface area (Å²) in [7, 11) is 2.14. The Balaban J connectivity index is 2.58. The molecule has 1 aromatic rings. The molecule has 0 unspecified atom stereocenters. The quantitative estimate of drug-likeness (QED) is 0.853. The molecule has 1 N–H and O–H groups in total. The summed E-state index contributed by atoms with van der Waals surface area (Å²) in [5.74, 6) is 2.80. The van der Waals surface area contributed by atoms with Crippen LogP contribution in [0.2, 0.25) is 0 Å². The summed E-state index contributed by atoms with van der Waals surface area (Å²) in [5, 5.41) is 3.47. The Labute approximate surface area is 118 Å². The second kappa shape index (κ2) is 6.58. The molecular weight excluding hydrogens is 236 g/mol. The Morgan fingerprint density at radius 3 is 2.47 bits per heavy atom. The number of nitrogens with zero attached hydrogens (tertiary/aromatic N) is 1. The lowest BCUT2D eigenvalue weighted by Gasteiger charge is -2.20. The highest BCUT2D eigenvalue weighted by Gasteiger charge is 2.14. The molecule has 0 fully saturated rings. The highest BCUT2D eigenvalue weighted by atomic mass is 16.3. The van der Waals surface area contributed by atoms with Crippen LogP contribution in [0.1, 0.15) is 51.7 Å². The molecule has 0 saturated heterocycles. The van der Waals surface area contributed by atoms with Gasteiger partial charge in [-0.25, -0.2) is 0 Å². The van der Waals surface area contributed by atoms with Crippen LogP contribution in [0.15, 0.2) is 10.5 Å². The summed E-state index contributed by atoms with van der Waals surface area (Å²) in [6.45, 7) is 15.9. The lowest BCUT2D eigenvalue weighted by molar-refractivity contribution is 0.260. The molecule has 3 nitrogen and oxygen atoms in total. The minimum absolute atomic E-state index is 0.119. The van der Waals surface area contributed by atoms with E-state index in [1.54, 1.807) is 0 Å². The molecule has 110 valence electrons. The van der Waals surface area contributed by atoms with Crippen molar-refractivity contribution in [2.45, 2.75) is 60.2 Å². The van der Waals surface area contributed by atoms with Crippen LogP contribution in [0, 0.1) is 12.8 Å². The Kier molecular flexibility index (Phi) is 5.63. The molecule has 0 aliphatic carbocycles. The van der Waals surface area contributed by atoms with Gasteiger partial charge in [0.05, 0.1) is 13.1 Å². The average molecular weight is 266 g/mol. The maximum Gasteiger partial charge on any atom is 0.120 e. The lowest BCUT2D eigenvalue weighted by Crippen LogP contribution is -2.35. The zero-order valence-electron chi connectivity index (χ0n) is 13.6. The first-order chi connectivity index (χ1) is 8.67. The summed E-state index contributed by atoms with van der Waals surface area (Å²) in [6, 6.07) is 2.16. The molecular formula is C16H30N2O. The molecule has 0 saturated carbocycles. The van der Waals surface area contributed by atoms with Gasteiger partial charge in [-0.2, -0.15) is 0 Å². The van der Waals surface area contributed by atoms with E-state index in [-0.39, 0.29) is 5.54 Å². The molecule has 0 aromatic carbocycles. The predicted octanol–water partition coefficient (Wildman–Crippen LogP) is 3.56. The van der Waals surface area contributed by atoms with Gasteiger partial charge in [0.25, 0.3) is 0 Å². The lowest BCUT2D eigenvalue weighted by atomic mass is 10.1. The van der Waals surface area contributed by atoms with Crippen LogP contribution in [-0.4, -0.2) is 24.0 Å². The molecule has 0 atom stereocenters. The summed E-state index contributed by atoms with van der Waals surface area (Å²) < 4.78 is 5.96. The smallest absolute Gasteiger partial charge is 0.120 e. The van der Waals surface area contributed by atoms with E-state index in [0.717, 1.165) is 31.2 Å². The summed E-state index contributed by atoms with van der Waals surface area (Å²) in [5.41, 5.74) is 1.36. The van der Waals surface area contributed by atoms with Gasteiger partial charge < -0.3 is 9.73 Å². The fourth-order valence-corrected chi connectivity index (χ4v) is 2.14. The monoisotopic (exact) mass is 266 g/mol. The predicted molar refractivity (Wildman–Crippen MR) is 81.2 cm³/mol. The fourth-order valence-electron chi connectivity index (χ4n) is 2.14. The van der Waals surface area contributed by atoms with Crippen LogP contribution in [0.5, 0.6) is 0 Å². The first kappa shape index (κ1) is 16.3. The molecule has 1 heterocycles. The molecule has 0 spiro atoms. The molecule has 0 aliphatic rings.